The molecule has 0 fully saturated rings. The average Bonchev–Trinajstić information content (AvgIpc) is 2.01. The fourth-order valence-corrected chi connectivity index (χ4v) is 2.49. The van der Waals surface area contributed by atoms with Gasteiger partial charge in [-0.15, -0.1) is 0 Å². The van der Waals surface area contributed by atoms with E-state index in [2.05, 4.69) is 0 Å². The summed E-state index contributed by atoms with van der Waals surface area (Å²) in [4.78, 5) is 20.2. The number of rotatable bonds is 3. The van der Waals surface area contributed by atoms with Crippen LogP contribution in [0.15, 0.2) is 24.3 Å². The smallest absolute Gasteiger partial charge is 0.186 e. The average molecular weight is 194 g/mol. The molecule has 0 unspecified atom stereocenters. The molecule has 0 bridgehead atoms. The molecule has 0 heterocycles. The van der Waals surface area contributed by atoms with E-state index in [1.165, 1.54) is 0 Å². The number of carbonyl (C=O) groups excluding carboxylic acids is 1. The summed E-state index contributed by atoms with van der Waals surface area (Å²) < 4.78 is 0. The molecule has 1 N–H and O–H groups in total. The minimum absolute atomic E-state index is 0.677. The van der Waals surface area contributed by atoms with Crippen molar-refractivity contribution in [2.45, 2.75) is 19.1 Å². The summed E-state index contributed by atoms with van der Waals surface area (Å²) >= 11 is 0. The first-order valence-electron chi connectivity index (χ1n) is 4.28. The first kappa shape index (κ1) is 10.1. The van der Waals surface area contributed by atoms with Crippen molar-refractivity contribution in [2.75, 3.05) is 0 Å². The maximum atomic E-state index is 10.5. The van der Waals surface area contributed by atoms with Crippen LogP contribution in [0.2, 0.25) is 13.1 Å². The Balaban J connectivity index is 2.84. The third kappa shape index (κ3) is 3.52. The fraction of sp³-hybridized carbons (Fsp3) is 0.300. The lowest BCUT2D eigenvalue weighted by Crippen LogP contribution is -2.28. The maximum absolute atomic E-state index is 10.5. The summed E-state index contributed by atoms with van der Waals surface area (Å²) in [5, 5.41) is 0. The Morgan fingerprint density at radius 3 is 2.69 bits per heavy atom. The Morgan fingerprint density at radius 1 is 1.46 bits per heavy atom. The molecule has 1 rings (SSSR count). The molecule has 0 aliphatic rings. The summed E-state index contributed by atoms with van der Waals surface area (Å²) in [6.45, 7) is 3.78. The number of hydrogen-bond donors (Lipinski definition) is 1. The van der Waals surface area contributed by atoms with Gasteiger partial charge in [0, 0.05) is 5.56 Å². The highest BCUT2D eigenvalue weighted by atomic mass is 28.4. The van der Waals surface area contributed by atoms with Gasteiger partial charge in [-0.1, -0.05) is 18.2 Å². The lowest BCUT2D eigenvalue weighted by Gasteiger charge is -2.13. The predicted octanol–water partition coefficient (Wildman–Crippen LogP) is 1.78. The summed E-state index contributed by atoms with van der Waals surface area (Å²) in [6.07, 6.45) is 0.829. The Kier molecular flexibility index (Phi) is 3.01. The zero-order chi connectivity index (χ0) is 9.90. The van der Waals surface area contributed by atoms with Gasteiger partial charge < -0.3 is 4.80 Å². The van der Waals surface area contributed by atoms with E-state index in [0.717, 1.165) is 11.8 Å². The molecule has 0 saturated heterocycles. The van der Waals surface area contributed by atoms with E-state index in [-0.39, 0.29) is 0 Å². The van der Waals surface area contributed by atoms with Crippen molar-refractivity contribution < 1.29 is 9.59 Å². The Morgan fingerprint density at radius 2 is 2.15 bits per heavy atom. The largest absolute Gasteiger partial charge is 0.432 e. The number of aldehydes is 1. The van der Waals surface area contributed by atoms with Crippen LogP contribution in [0.5, 0.6) is 0 Å². The van der Waals surface area contributed by atoms with Crippen molar-refractivity contribution in [1.82, 2.24) is 0 Å². The molecule has 2 nitrogen and oxygen atoms in total. The number of benzene rings is 1. The Labute approximate surface area is 79.4 Å². The first-order chi connectivity index (χ1) is 6.01. The van der Waals surface area contributed by atoms with Crippen LogP contribution in [-0.2, 0) is 6.04 Å². The molecule has 0 atom stereocenters. The van der Waals surface area contributed by atoms with Crippen LogP contribution in [0.1, 0.15) is 15.9 Å². The second kappa shape index (κ2) is 3.85. The highest BCUT2D eigenvalue weighted by Gasteiger charge is 2.17. The highest BCUT2D eigenvalue weighted by Crippen LogP contribution is 2.10. The van der Waals surface area contributed by atoms with Crippen molar-refractivity contribution in [1.29, 1.82) is 0 Å². The van der Waals surface area contributed by atoms with E-state index in [9.17, 15) is 9.59 Å². The van der Waals surface area contributed by atoms with Gasteiger partial charge in [0.1, 0.15) is 6.29 Å². The molecular weight excluding hydrogens is 180 g/mol. The molecule has 1 aromatic carbocycles. The zero-order valence-corrected chi connectivity index (χ0v) is 8.95. The third-order valence-corrected chi connectivity index (χ3v) is 3.00. The molecule has 3 heteroatoms. The Hall–Kier alpha value is -0.933. The molecule has 0 aliphatic heterocycles. The van der Waals surface area contributed by atoms with Gasteiger partial charge in [-0.05, 0) is 30.8 Å². The minimum Gasteiger partial charge on any atom is -0.432 e. The molecule has 1 aromatic rings. The molecule has 0 radical (unpaired) electrons. The second-order valence-corrected chi connectivity index (χ2v) is 7.83. The molecule has 0 aromatic heterocycles. The van der Waals surface area contributed by atoms with Crippen LogP contribution in [0.4, 0.5) is 0 Å². The van der Waals surface area contributed by atoms with E-state index in [4.69, 9.17) is 0 Å². The van der Waals surface area contributed by atoms with E-state index >= 15 is 0 Å². The summed E-state index contributed by atoms with van der Waals surface area (Å²) in [6, 6.07) is 8.09. The summed E-state index contributed by atoms with van der Waals surface area (Å²) in [7, 11) is -2.05. The van der Waals surface area contributed by atoms with Crippen molar-refractivity contribution in [2.24, 2.45) is 0 Å². The van der Waals surface area contributed by atoms with Crippen LogP contribution in [-0.4, -0.2) is 19.4 Å². The normalized spacial score (nSPS) is 11.3. The standard InChI is InChI=1S/C10H14O2Si/c1-13(2,12)8-10-5-3-4-9(6-10)7-11/h3-7,12H,8H2,1-2H3. The van der Waals surface area contributed by atoms with Gasteiger partial charge in [-0.3, -0.25) is 4.79 Å². The molecule has 0 aliphatic carbocycles. The lowest BCUT2D eigenvalue weighted by atomic mass is 10.2. The maximum Gasteiger partial charge on any atom is 0.186 e. The van der Waals surface area contributed by atoms with Crippen molar-refractivity contribution in [3.05, 3.63) is 35.4 Å². The van der Waals surface area contributed by atoms with Crippen molar-refractivity contribution in [3.63, 3.8) is 0 Å². The van der Waals surface area contributed by atoms with Crippen molar-refractivity contribution >= 4 is 14.6 Å². The molecule has 0 spiro atoms. The van der Waals surface area contributed by atoms with E-state index in [1.54, 1.807) is 6.07 Å². The quantitative estimate of drug-likeness (QED) is 0.588. The van der Waals surface area contributed by atoms with E-state index in [0.29, 0.717) is 11.6 Å². The topological polar surface area (TPSA) is 37.3 Å². The highest BCUT2D eigenvalue weighted by molar-refractivity contribution is 6.69. The van der Waals surface area contributed by atoms with Crippen LogP contribution < -0.4 is 0 Å². The lowest BCUT2D eigenvalue weighted by molar-refractivity contribution is 0.112. The van der Waals surface area contributed by atoms with Crippen LogP contribution in [0, 0.1) is 0 Å². The van der Waals surface area contributed by atoms with Gasteiger partial charge in [-0.2, -0.15) is 0 Å². The van der Waals surface area contributed by atoms with Gasteiger partial charge in [0.2, 0.25) is 0 Å². The van der Waals surface area contributed by atoms with Gasteiger partial charge in [0.25, 0.3) is 0 Å². The summed E-state index contributed by atoms with van der Waals surface area (Å²) in [5.41, 5.74) is 1.72. The molecule has 13 heavy (non-hydrogen) atoms. The van der Waals surface area contributed by atoms with Crippen LogP contribution in [0.3, 0.4) is 0 Å². The third-order valence-electron chi connectivity index (χ3n) is 1.72. The Bertz CT molecular complexity index is 302. The van der Waals surface area contributed by atoms with Crippen LogP contribution in [0.25, 0.3) is 0 Å². The van der Waals surface area contributed by atoms with E-state index in [1.807, 2.05) is 31.3 Å². The minimum atomic E-state index is -2.05. The van der Waals surface area contributed by atoms with Gasteiger partial charge >= 0.3 is 0 Å². The second-order valence-electron chi connectivity index (χ2n) is 3.85. The molecular formula is C10H14O2Si. The number of carbonyl (C=O) groups is 1. The van der Waals surface area contributed by atoms with Gasteiger partial charge in [0.05, 0.1) is 0 Å². The zero-order valence-electron chi connectivity index (χ0n) is 7.95. The molecule has 70 valence electrons. The van der Waals surface area contributed by atoms with Crippen molar-refractivity contribution in [3.8, 4) is 0 Å². The van der Waals surface area contributed by atoms with E-state index < -0.39 is 8.32 Å². The summed E-state index contributed by atoms with van der Waals surface area (Å²) in [5.74, 6) is 0. The fourth-order valence-electron chi connectivity index (χ4n) is 1.28. The van der Waals surface area contributed by atoms with Gasteiger partial charge in [-0.25, -0.2) is 0 Å². The SMILES string of the molecule is C[Si](C)(O)Cc1cccc(C=O)c1. The molecule has 0 amide bonds. The number of hydrogen-bond acceptors (Lipinski definition) is 2. The van der Waals surface area contributed by atoms with Gasteiger partial charge in [0.15, 0.2) is 8.32 Å². The molecule has 0 saturated carbocycles. The predicted molar refractivity (Wildman–Crippen MR) is 55.2 cm³/mol. The van der Waals surface area contributed by atoms with Crippen LogP contribution >= 0.6 is 0 Å². The monoisotopic (exact) mass is 194 g/mol. The first-order valence-corrected chi connectivity index (χ1v) is 7.43.